The summed E-state index contributed by atoms with van der Waals surface area (Å²) in [5, 5.41) is 16.2. The molecular formula is C4H6NO5P. The van der Waals surface area contributed by atoms with Crippen LogP contribution in [0.4, 0.5) is 0 Å². The molecule has 0 amide bonds. The molecule has 3 N–H and O–H groups in total. The molecule has 0 saturated carbocycles. The lowest BCUT2D eigenvalue weighted by Crippen LogP contribution is -2.19. The topological polar surface area (TPSA) is 119 Å². The molecule has 7 heteroatoms. The highest BCUT2D eigenvalue weighted by atomic mass is 31.2. The van der Waals surface area contributed by atoms with Crippen LogP contribution >= 0.6 is 7.60 Å². The summed E-state index contributed by atoms with van der Waals surface area (Å²) in [6, 6.07) is 1.38. The standard InChI is InChI=1S/C4H6NO5P/c5-2-1-3(4(6)7)11(8,9)10/h3H,1H2,(H,6,7)(H2,8,9,10). The number of carboxylic acid groups (broad SMARTS) is 1. The van der Waals surface area contributed by atoms with Gasteiger partial charge in [-0.15, -0.1) is 0 Å². The predicted molar refractivity (Wildman–Crippen MR) is 33.7 cm³/mol. The van der Waals surface area contributed by atoms with Crippen LogP contribution in [0.2, 0.25) is 0 Å². The maximum absolute atomic E-state index is 10.3. The Bertz CT molecular complexity index is 237. The Kier molecular flexibility index (Phi) is 3.20. The van der Waals surface area contributed by atoms with Crippen molar-refractivity contribution < 1.29 is 24.3 Å². The van der Waals surface area contributed by atoms with E-state index in [-0.39, 0.29) is 0 Å². The molecule has 6 nitrogen and oxygen atoms in total. The summed E-state index contributed by atoms with van der Waals surface area (Å²) in [6.45, 7) is 0. The van der Waals surface area contributed by atoms with Gasteiger partial charge in [-0.2, -0.15) is 5.26 Å². The van der Waals surface area contributed by atoms with Crippen molar-refractivity contribution in [3.63, 3.8) is 0 Å². The van der Waals surface area contributed by atoms with E-state index >= 15 is 0 Å². The van der Waals surface area contributed by atoms with E-state index in [0.29, 0.717) is 0 Å². The zero-order chi connectivity index (χ0) is 9.07. The first kappa shape index (κ1) is 10.1. The van der Waals surface area contributed by atoms with Gasteiger partial charge >= 0.3 is 13.6 Å². The Labute approximate surface area is 62.2 Å². The maximum atomic E-state index is 10.3. The van der Waals surface area contributed by atoms with Crippen LogP contribution in [0.15, 0.2) is 0 Å². The van der Waals surface area contributed by atoms with Gasteiger partial charge in [-0.25, -0.2) is 0 Å². The molecule has 1 unspecified atom stereocenters. The summed E-state index contributed by atoms with van der Waals surface area (Å²) < 4.78 is 10.3. The summed E-state index contributed by atoms with van der Waals surface area (Å²) >= 11 is 0. The molecule has 0 radical (unpaired) electrons. The lowest BCUT2D eigenvalue weighted by Gasteiger charge is -2.08. The van der Waals surface area contributed by atoms with Gasteiger partial charge in [-0.3, -0.25) is 9.36 Å². The van der Waals surface area contributed by atoms with Gasteiger partial charge in [0.2, 0.25) is 0 Å². The third-order valence-corrected chi connectivity index (χ3v) is 2.19. The second-order valence-corrected chi connectivity index (χ2v) is 3.61. The second kappa shape index (κ2) is 3.49. The van der Waals surface area contributed by atoms with E-state index in [1.165, 1.54) is 6.07 Å². The van der Waals surface area contributed by atoms with Crippen LogP contribution < -0.4 is 0 Å². The molecule has 0 saturated heterocycles. The Morgan fingerprint density at radius 3 is 2.18 bits per heavy atom. The van der Waals surface area contributed by atoms with Crippen molar-refractivity contribution in [1.29, 1.82) is 5.26 Å². The number of rotatable bonds is 3. The lowest BCUT2D eigenvalue weighted by atomic mass is 10.3. The van der Waals surface area contributed by atoms with Crippen molar-refractivity contribution in [3.8, 4) is 6.07 Å². The molecule has 0 aromatic carbocycles. The van der Waals surface area contributed by atoms with E-state index in [1.807, 2.05) is 0 Å². The molecule has 0 fully saturated rings. The minimum Gasteiger partial charge on any atom is -0.481 e. The zero-order valence-electron chi connectivity index (χ0n) is 5.34. The van der Waals surface area contributed by atoms with Crippen molar-refractivity contribution >= 4 is 13.6 Å². The minimum absolute atomic E-state index is 0.681. The fourth-order valence-corrected chi connectivity index (χ4v) is 1.04. The molecule has 0 heterocycles. The van der Waals surface area contributed by atoms with E-state index in [1.54, 1.807) is 0 Å². The van der Waals surface area contributed by atoms with Crippen LogP contribution in [0.25, 0.3) is 0 Å². The lowest BCUT2D eigenvalue weighted by molar-refractivity contribution is -0.136. The molecular weight excluding hydrogens is 173 g/mol. The molecule has 0 aliphatic rings. The summed E-state index contributed by atoms with van der Waals surface area (Å²) in [6.07, 6.45) is -0.681. The third kappa shape index (κ3) is 3.14. The van der Waals surface area contributed by atoms with Gasteiger partial charge in [0, 0.05) is 0 Å². The van der Waals surface area contributed by atoms with Crippen LogP contribution in [0.5, 0.6) is 0 Å². The first-order chi connectivity index (χ1) is 4.89. The summed E-state index contributed by atoms with van der Waals surface area (Å²) in [4.78, 5) is 26.8. The van der Waals surface area contributed by atoms with Gasteiger partial charge in [0.25, 0.3) is 0 Å². The van der Waals surface area contributed by atoms with Crippen LogP contribution in [-0.4, -0.2) is 26.5 Å². The van der Waals surface area contributed by atoms with E-state index in [0.717, 1.165) is 0 Å². The summed E-state index contributed by atoms with van der Waals surface area (Å²) in [5.41, 5.74) is -1.90. The normalized spacial score (nSPS) is 13.5. The largest absolute Gasteiger partial charge is 0.481 e. The number of hydrogen-bond donors (Lipinski definition) is 3. The predicted octanol–water partition coefficient (Wildman–Crippen LogP) is -0.469. The zero-order valence-corrected chi connectivity index (χ0v) is 6.23. The molecule has 0 spiro atoms. The average molecular weight is 179 g/mol. The van der Waals surface area contributed by atoms with Crippen molar-refractivity contribution in [2.75, 3.05) is 0 Å². The number of nitrogens with zero attached hydrogens (tertiary/aromatic N) is 1. The molecule has 0 bridgehead atoms. The van der Waals surface area contributed by atoms with Gasteiger partial charge in [-0.1, -0.05) is 0 Å². The average Bonchev–Trinajstić information content (AvgIpc) is 1.79. The highest BCUT2D eigenvalue weighted by Gasteiger charge is 2.35. The molecule has 0 aromatic rings. The van der Waals surface area contributed by atoms with E-state index in [9.17, 15) is 9.36 Å². The Morgan fingerprint density at radius 1 is 1.64 bits per heavy atom. The second-order valence-electron chi connectivity index (χ2n) is 1.81. The number of carboxylic acids is 1. The van der Waals surface area contributed by atoms with Crippen molar-refractivity contribution in [2.45, 2.75) is 12.1 Å². The molecule has 0 aliphatic heterocycles. The van der Waals surface area contributed by atoms with Crippen LogP contribution in [0.1, 0.15) is 6.42 Å². The van der Waals surface area contributed by atoms with Crippen molar-refractivity contribution in [2.24, 2.45) is 0 Å². The SMILES string of the molecule is N#CCC(C(=O)O)P(=O)(O)O. The quantitative estimate of drug-likeness (QED) is 0.504. The highest BCUT2D eigenvalue weighted by molar-refractivity contribution is 7.53. The van der Waals surface area contributed by atoms with Gasteiger partial charge in [0.15, 0.2) is 5.66 Å². The fraction of sp³-hybridized carbons (Fsp3) is 0.500. The molecule has 62 valence electrons. The molecule has 0 rings (SSSR count). The van der Waals surface area contributed by atoms with Crippen molar-refractivity contribution in [1.82, 2.24) is 0 Å². The van der Waals surface area contributed by atoms with Crippen LogP contribution in [-0.2, 0) is 9.36 Å². The number of aliphatic carboxylic acids is 1. The highest BCUT2D eigenvalue weighted by Crippen LogP contribution is 2.42. The van der Waals surface area contributed by atoms with Crippen LogP contribution in [0.3, 0.4) is 0 Å². The van der Waals surface area contributed by atoms with Gasteiger partial charge < -0.3 is 14.9 Å². The Morgan fingerprint density at radius 2 is 2.09 bits per heavy atom. The monoisotopic (exact) mass is 179 g/mol. The molecule has 11 heavy (non-hydrogen) atoms. The Hall–Kier alpha value is -0.890. The number of nitriles is 1. The Balaban J connectivity index is 4.52. The summed E-state index contributed by atoms with van der Waals surface area (Å²) in [7, 11) is -4.67. The minimum atomic E-state index is -4.67. The number of hydrogen-bond acceptors (Lipinski definition) is 3. The molecule has 1 atom stereocenters. The van der Waals surface area contributed by atoms with E-state index < -0.39 is 25.6 Å². The van der Waals surface area contributed by atoms with Gasteiger partial charge in [-0.05, 0) is 0 Å². The summed E-state index contributed by atoms with van der Waals surface area (Å²) in [5.74, 6) is -1.65. The van der Waals surface area contributed by atoms with Gasteiger partial charge in [0.05, 0.1) is 12.5 Å². The first-order valence-electron chi connectivity index (χ1n) is 2.54. The first-order valence-corrected chi connectivity index (χ1v) is 4.22. The molecule has 0 aliphatic carbocycles. The smallest absolute Gasteiger partial charge is 0.340 e. The van der Waals surface area contributed by atoms with E-state index in [4.69, 9.17) is 20.2 Å². The van der Waals surface area contributed by atoms with Gasteiger partial charge in [0.1, 0.15) is 0 Å². The number of carbonyl (C=O) groups is 1. The van der Waals surface area contributed by atoms with Crippen LogP contribution in [0, 0.1) is 11.3 Å². The van der Waals surface area contributed by atoms with Crippen molar-refractivity contribution in [3.05, 3.63) is 0 Å². The maximum Gasteiger partial charge on any atom is 0.340 e. The molecule has 0 aromatic heterocycles. The fourth-order valence-electron chi connectivity index (χ4n) is 0.437. The third-order valence-electron chi connectivity index (χ3n) is 0.976. The van der Waals surface area contributed by atoms with E-state index in [2.05, 4.69) is 0 Å².